The second-order valence-electron chi connectivity index (χ2n) is 7.37. The highest BCUT2D eigenvalue weighted by molar-refractivity contribution is 6.04. The van der Waals surface area contributed by atoms with Crippen molar-refractivity contribution < 1.29 is 18.3 Å². The van der Waals surface area contributed by atoms with Crippen molar-refractivity contribution in [3.63, 3.8) is 0 Å². The minimum Gasteiger partial charge on any atom is -0.453 e. The molecule has 34 heavy (non-hydrogen) atoms. The van der Waals surface area contributed by atoms with Crippen LogP contribution in [0, 0.1) is 11.6 Å². The van der Waals surface area contributed by atoms with E-state index in [-0.39, 0.29) is 22.6 Å². The maximum Gasteiger partial charge on any atom is 0.261 e. The van der Waals surface area contributed by atoms with Crippen LogP contribution in [0.1, 0.15) is 10.4 Å². The van der Waals surface area contributed by atoms with Gasteiger partial charge in [-0.3, -0.25) is 9.59 Å². The first-order valence-electron chi connectivity index (χ1n) is 10.2. The van der Waals surface area contributed by atoms with Gasteiger partial charge in [0.05, 0.1) is 5.39 Å². The first-order chi connectivity index (χ1) is 16.5. The summed E-state index contributed by atoms with van der Waals surface area (Å²) in [7, 11) is 0. The molecule has 7 nitrogen and oxygen atoms in total. The van der Waals surface area contributed by atoms with Crippen LogP contribution in [-0.4, -0.2) is 20.9 Å². The monoisotopic (exact) mass is 458 g/mol. The van der Waals surface area contributed by atoms with E-state index in [9.17, 15) is 18.4 Å². The van der Waals surface area contributed by atoms with Gasteiger partial charge in [-0.25, -0.2) is 13.8 Å². The highest BCUT2D eigenvalue weighted by Gasteiger charge is 2.16. The molecule has 5 rings (SSSR count). The molecule has 0 atom stereocenters. The molecule has 3 aromatic heterocycles. The Labute approximate surface area is 191 Å². The van der Waals surface area contributed by atoms with Crippen molar-refractivity contribution in [3.8, 4) is 22.6 Å². The molecule has 0 saturated heterocycles. The van der Waals surface area contributed by atoms with Crippen LogP contribution >= 0.6 is 0 Å². The molecular formula is C25H16F2N4O3. The minimum atomic E-state index is -0.721. The molecule has 2 aromatic carbocycles. The molecule has 0 saturated carbocycles. The molecule has 0 fully saturated rings. The number of anilines is 1. The smallest absolute Gasteiger partial charge is 0.261 e. The number of rotatable bonds is 5. The quantitative estimate of drug-likeness (QED) is 0.335. The van der Waals surface area contributed by atoms with E-state index in [2.05, 4.69) is 20.3 Å². The summed E-state index contributed by atoms with van der Waals surface area (Å²) in [6, 6.07) is 12.7. The Bertz CT molecular complexity index is 1580. The van der Waals surface area contributed by atoms with Gasteiger partial charge in [-0.15, -0.1) is 0 Å². The SMILES string of the molecule is O=C(Nc1ccc(Oc2ccnc3[nH]ccc23)c(F)c1)c1c[nH]cc(-c2ccc(F)cc2)c1=O. The minimum absolute atomic E-state index is 0.0390. The normalized spacial score (nSPS) is 10.9. The van der Waals surface area contributed by atoms with Crippen molar-refractivity contribution in [1.29, 1.82) is 0 Å². The summed E-state index contributed by atoms with van der Waals surface area (Å²) in [5.41, 5.74) is 0.692. The molecule has 168 valence electrons. The van der Waals surface area contributed by atoms with E-state index >= 15 is 0 Å². The Morgan fingerprint density at radius 1 is 0.971 bits per heavy atom. The number of pyridine rings is 2. The molecule has 0 aliphatic carbocycles. The van der Waals surface area contributed by atoms with Crippen molar-refractivity contribution in [1.82, 2.24) is 15.0 Å². The number of fused-ring (bicyclic) bond motifs is 1. The van der Waals surface area contributed by atoms with E-state index in [1.807, 2.05) is 0 Å². The van der Waals surface area contributed by atoms with Crippen molar-refractivity contribution in [2.75, 3.05) is 5.32 Å². The highest BCUT2D eigenvalue weighted by Crippen LogP contribution is 2.31. The number of ether oxygens (including phenoxy) is 1. The predicted molar refractivity (Wildman–Crippen MR) is 123 cm³/mol. The summed E-state index contributed by atoms with van der Waals surface area (Å²) in [4.78, 5) is 35.4. The van der Waals surface area contributed by atoms with Gasteiger partial charge in [0, 0.05) is 42.1 Å². The number of aromatic nitrogens is 3. The number of benzene rings is 2. The summed E-state index contributed by atoms with van der Waals surface area (Å²) in [5, 5.41) is 3.21. The van der Waals surface area contributed by atoms with Crippen LogP contribution in [0.5, 0.6) is 11.5 Å². The number of carbonyl (C=O) groups is 1. The lowest BCUT2D eigenvalue weighted by molar-refractivity contribution is 0.102. The fourth-order valence-corrected chi connectivity index (χ4v) is 3.50. The van der Waals surface area contributed by atoms with Crippen molar-refractivity contribution in [3.05, 3.63) is 107 Å². The van der Waals surface area contributed by atoms with Gasteiger partial charge >= 0.3 is 0 Å². The number of carbonyl (C=O) groups excluding carboxylic acids is 1. The third-order valence-corrected chi connectivity index (χ3v) is 5.17. The molecule has 0 radical (unpaired) electrons. The average Bonchev–Trinajstić information content (AvgIpc) is 3.31. The molecular weight excluding hydrogens is 442 g/mol. The number of H-pyrrole nitrogens is 2. The molecule has 0 aliphatic rings. The number of nitrogens with one attached hydrogen (secondary N) is 3. The highest BCUT2D eigenvalue weighted by atomic mass is 19.1. The lowest BCUT2D eigenvalue weighted by Crippen LogP contribution is -2.22. The first-order valence-corrected chi connectivity index (χ1v) is 10.2. The van der Waals surface area contributed by atoms with Gasteiger partial charge in [0.1, 0.15) is 22.8 Å². The van der Waals surface area contributed by atoms with Gasteiger partial charge in [-0.2, -0.15) is 0 Å². The molecule has 3 N–H and O–H groups in total. The predicted octanol–water partition coefficient (Wildman–Crippen LogP) is 5.24. The standard InChI is InChI=1S/C25H16F2N4O3/c26-15-3-1-14(2-4-15)18-12-28-13-19(23(18)32)25(33)31-16-5-6-22(20(27)11-16)34-21-8-10-30-24-17(21)7-9-29-24/h1-13H,(H,28,32)(H,29,30)(H,31,33). The number of amides is 1. The largest absolute Gasteiger partial charge is 0.453 e. The average molecular weight is 458 g/mol. The zero-order valence-corrected chi connectivity index (χ0v) is 17.4. The third kappa shape index (κ3) is 4.02. The van der Waals surface area contributed by atoms with Gasteiger partial charge in [-0.05, 0) is 42.0 Å². The Kier molecular flexibility index (Phi) is 5.35. The van der Waals surface area contributed by atoms with Gasteiger partial charge < -0.3 is 20.0 Å². The van der Waals surface area contributed by atoms with Crippen LogP contribution in [0.25, 0.3) is 22.2 Å². The zero-order chi connectivity index (χ0) is 23.7. The summed E-state index contributed by atoms with van der Waals surface area (Å²) < 4.78 is 33.6. The third-order valence-electron chi connectivity index (χ3n) is 5.17. The number of aromatic amines is 2. The number of hydrogen-bond donors (Lipinski definition) is 3. The van der Waals surface area contributed by atoms with Crippen LogP contribution in [-0.2, 0) is 0 Å². The molecule has 5 aromatic rings. The van der Waals surface area contributed by atoms with E-state index < -0.39 is 23.0 Å². The molecule has 0 aliphatic heterocycles. The van der Waals surface area contributed by atoms with E-state index in [4.69, 9.17) is 4.74 Å². The van der Waals surface area contributed by atoms with E-state index in [0.29, 0.717) is 22.3 Å². The molecule has 0 unspecified atom stereocenters. The van der Waals surface area contributed by atoms with Crippen LogP contribution in [0.2, 0.25) is 0 Å². The van der Waals surface area contributed by atoms with Crippen LogP contribution in [0.4, 0.5) is 14.5 Å². The zero-order valence-electron chi connectivity index (χ0n) is 17.4. The second kappa shape index (κ2) is 8.62. The molecule has 1 amide bonds. The molecule has 9 heteroatoms. The lowest BCUT2D eigenvalue weighted by Gasteiger charge is -2.10. The summed E-state index contributed by atoms with van der Waals surface area (Å²) in [6.07, 6.45) is 5.92. The van der Waals surface area contributed by atoms with Crippen LogP contribution < -0.4 is 15.5 Å². The van der Waals surface area contributed by atoms with E-state index in [1.165, 1.54) is 55.0 Å². The molecule has 0 spiro atoms. The first kappa shape index (κ1) is 21.1. The Hall–Kier alpha value is -4.79. The van der Waals surface area contributed by atoms with Crippen molar-refractivity contribution >= 4 is 22.6 Å². The summed E-state index contributed by atoms with van der Waals surface area (Å²) in [6.45, 7) is 0. The van der Waals surface area contributed by atoms with Crippen LogP contribution in [0.15, 0.2) is 84.2 Å². The summed E-state index contributed by atoms with van der Waals surface area (Å²) >= 11 is 0. The van der Waals surface area contributed by atoms with Gasteiger partial charge in [0.15, 0.2) is 11.6 Å². The summed E-state index contributed by atoms with van der Waals surface area (Å²) in [5.74, 6) is -1.48. The molecule has 3 heterocycles. The maximum atomic E-state index is 14.7. The number of hydrogen-bond acceptors (Lipinski definition) is 4. The topological polar surface area (TPSA) is 99.9 Å². The van der Waals surface area contributed by atoms with Crippen LogP contribution in [0.3, 0.4) is 0 Å². The van der Waals surface area contributed by atoms with Gasteiger partial charge in [-0.1, -0.05) is 12.1 Å². The Morgan fingerprint density at radius 3 is 2.59 bits per heavy atom. The second-order valence-corrected chi connectivity index (χ2v) is 7.37. The van der Waals surface area contributed by atoms with Crippen molar-refractivity contribution in [2.24, 2.45) is 0 Å². The van der Waals surface area contributed by atoms with E-state index in [0.717, 1.165) is 6.07 Å². The number of nitrogens with zero attached hydrogens (tertiary/aromatic N) is 1. The Balaban J connectivity index is 1.37. The van der Waals surface area contributed by atoms with Crippen molar-refractivity contribution in [2.45, 2.75) is 0 Å². The fraction of sp³-hybridized carbons (Fsp3) is 0. The van der Waals surface area contributed by atoms with Gasteiger partial charge in [0.25, 0.3) is 5.91 Å². The van der Waals surface area contributed by atoms with Gasteiger partial charge in [0.2, 0.25) is 5.43 Å². The molecule has 0 bridgehead atoms. The maximum absolute atomic E-state index is 14.7. The van der Waals surface area contributed by atoms with E-state index in [1.54, 1.807) is 18.3 Å². The Morgan fingerprint density at radius 2 is 1.79 bits per heavy atom. The number of halogens is 2. The fourth-order valence-electron chi connectivity index (χ4n) is 3.50. The lowest BCUT2D eigenvalue weighted by atomic mass is 10.0.